The van der Waals surface area contributed by atoms with Crippen molar-refractivity contribution in [2.75, 3.05) is 18.8 Å². The summed E-state index contributed by atoms with van der Waals surface area (Å²) in [5.41, 5.74) is -0.781. The number of carbonyl (C=O) groups excluding carboxylic acids is 1. The number of carbonyl (C=O) groups is 1. The van der Waals surface area contributed by atoms with Crippen LogP contribution in [0.1, 0.15) is 40.0 Å². The lowest BCUT2D eigenvalue weighted by Crippen LogP contribution is -2.42. The van der Waals surface area contributed by atoms with Crippen LogP contribution in [0.4, 0.5) is 0 Å². The van der Waals surface area contributed by atoms with E-state index in [-0.39, 0.29) is 11.5 Å². The first-order valence-corrected chi connectivity index (χ1v) is 7.35. The molecule has 0 spiro atoms. The molecule has 0 N–H and O–H groups in total. The van der Waals surface area contributed by atoms with Gasteiger partial charge in [-0.15, -0.1) is 0 Å². The zero-order valence-electron chi connectivity index (χ0n) is 10.3. The molecule has 0 aromatic rings. The Labute approximate surface area is 98.1 Å². The average Bonchev–Trinajstić information content (AvgIpc) is 2.17. The molecule has 0 bridgehead atoms. The Morgan fingerprint density at radius 3 is 2.12 bits per heavy atom. The molecule has 1 rings (SSSR count). The first-order chi connectivity index (χ1) is 7.26. The predicted molar refractivity (Wildman–Crippen MR) is 63.7 cm³/mol. The van der Waals surface area contributed by atoms with Crippen molar-refractivity contribution in [2.45, 2.75) is 40.0 Å². The number of Topliss-reactive ketones (excluding diaryl/α,β-unsaturated/α-hetero) is 1. The normalized spacial score (nSPS) is 19.7. The third kappa shape index (κ3) is 3.28. The SMILES string of the molecule is CC(=O)C(C)(C)CS(=O)(=O)N1CCCCC1. The molecule has 5 heteroatoms. The molecular weight excluding hydrogens is 226 g/mol. The van der Waals surface area contributed by atoms with Gasteiger partial charge in [-0.2, -0.15) is 0 Å². The van der Waals surface area contributed by atoms with Gasteiger partial charge in [0.05, 0.1) is 5.75 Å². The quantitative estimate of drug-likeness (QED) is 0.755. The van der Waals surface area contributed by atoms with E-state index in [4.69, 9.17) is 0 Å². The van der Waals surface area contributed by atoms with E-state index in [0.717, 1.165) is 19.3 Å². The number of ketones is 1. The van der Waals surface area contributed by atoms with Crippen molar-refractivity contribution < 1.29 is 13.2 Å². The molecule has 0 unspecified atom stereocenters. The highest BCUT2D eigenvalue weighted by molar-refractivity contribution is 7.89. The Morgan fingerprint density at radius 1 is 1.19 bits per heavy atom. The van der Waals surface area contributed by atoms with Crippen LogP contribution < -0.4 is 0 Å². The summed E-state index contributed by atoms with van der Waals surface area (Å²) >= 11 is 0. The van der Waals surface area contributed by atoms with E-state index in [9.17, 15) is 13.2 Å². The van der Waals surface area contributed by atoms with Crippen molar-refractivity contribution in [1.29, 1.82) is 0 Å². The van der Waals surface area contributed by atoms with Crippen LogP contribution in [0.2, 0.25) is 0 Å². The standard InChI is InChI=1S/C11H21NO3S/c1-10(13)11(2,3)9-16(14,15)12-7-5-4-6-8-12/h4-9H2,1-3H3. The number of hydrogen-bond donors (Lipinski definition) is 0. The van der Waals surface area contributed by atoms with Gasteiger partial charge in [0.2, 0.25) is 10.0 Å². The topological polar surface area (TPSA) is 54.5 Å². The first kappa shape index (κ1) is 13.6. The number of piperidine rings is 1. The molecule has 1 saturated heterocycles. The third-order valence-electron chi connectivity index (χ3n) is 3.20. The molecule has 0 radical (unpaired) electrons. The molecule has 0 aromatic carbocycles. The lowest BCUT2D eigenvalue weighted by Gasteiger charge is -2.29. The minimum Gasteiger partial charge on any atom is -0.299 e. The molecule has 0 amide bonds. The molecule has 94 valence electrons. The summed E-state index contributed by atoms with van der Waals surface area (Å²) in [6, 6.07) is 0. The maximum Gasteiger partial charge on any atom is 0.215 e. The van der Waals surface area contributed by atoms with Crippen LogP contribution in [0.5, 0.6) is 0 Å². The van der Waals surface area contributed by atoms with Crippen molar-refractivity contribution in [1.82, 2.24) is 4.31 Å². The van der Waals surface area contributed by atoms with Crippen molar-refractivity contribution in [3.05, 3.63) is 0 Å². The third-order valence-corrected chi connectivity index (χ3v) is 5.44. The smallest absolute Gasteiger partial charge is 0.215 e. The Hall–Kier alpha value is -0.420. The number of rotatable bonds is 4. The molecule has 4 nitrogen and oxygen atoms in total. The van der Waals surface area contributed by atoms with Crippen molar-refractivity contribution in [3.63, 3.8) is 0 Å². The number of sulfonamides is 1. The fraction of sp³-hybridized carbons (Fsp3) is 0.909. The largest absolute Gasteiger partial charge is 0.299 e. The van der Waals surface area contributed by atoms with Crippen molar-refractivity contribution in [2.24, 2.45) is 5.41 Å². The van der Waals surface area contributed by atoms with Gasteiger partial charge in [0.15, 0.2) is 0 Å². The molecule has 1 fully saturated rings. The lowest BCUT2D eigenvalue weighted by molar-refractivity contribution is -0.123. The van der Waals surface area contributed by atoms with Crippen LogP contribution in [0, 0.1) is 5.41 Å². The maximum absolute atomic E-state index is 12.1. The van der Waals surface area contributed by atoms with Crippen LogP contribution in [0.15, 0.2) is 0 Å². The molecule has 1 heterocycles. The Kier molecular flexibility index (Phi) is 4.12. The molecule has 1 aliphatic heterocycles. The van der Waals surface area contributed by atoms with Crippen LogP contribution in [0.3, 0.4) is 0 Å². The molecule has 16 heavy (non-hydrogen) atoms. The van der Waals surface area contributed by atoms with E-state index in [1.165, 1.54) is 11.2 Å². The van der Waals surface area contributed by atoms with Crippen molar-refractivity contribution >= 4 is 15.8 Å². The van der Waals surface area contributed by atoms with Crippen molar-refractivity contribution in [3.8, 4) is 0 Å². The highest BCUT2D eigenvalue weighted by Crippen LogP contribution is 2.23. The van der Waals surface area contributed by atoms with Crippen LogP contribution >= 0.6 is 0 Å². The summed E-state index contributed by atoms with van der Waals surface area (Å²) in [4.78, 5) is 11.3. The summed E-state index contributed by atoms with van der Waals surface area (Å²) in [7, 11) is -3.27. The van der Waals surface area contributed by atoms with Gasteiger partial charge < -0.3 is 0 Å². The summed E-state index contributed by atoms with van der Waals surface area (Å²) in [6.07, 6.45) is 2.96. The zero-order chi connectivity index (χ0) is 12.4. The Morgan fingerprint density at radius 2 is 1.69 bits per heavy atom. The predicted octanol–water partition coefficient (Wildman–Crippen LogP) is 1.42. The van der Waals surface area contributed by atoms with E-state index < -0.39 is 15.4 Å². The Balaban J connectivity index is 2.74. The molecule has 1 aliphatic rings. The highest BCUT2D eigenvalue weighted by Gasteiger charge is 2.34. The summed E-state index contributed by atoms with van der Waals surface area (Å²) < 4.78 is 25.7. The zero-order valence-corrected chi connectivity index (χ0v) is 11.1. The Bertz CT molecular complexity index is 353. The second-order valence-electron chi connectivity index (χ2n) is 5.16. The second kappa shape index (κ2) is 4.84. The molecule has 0 aliphatic carbocycles. The summed E-state index contributed by atoms with van der Waals surface area (Å²) in [5.74, 6) is -0.150. The average molecular weight is 247 g/mol. The van der Waals surface area contributed by atoms with Gasteiger partial charge >= 0.3 is 0 Å². The number of nitrogens with zero attached hydrogens (tertiary/aromatic N) is 1. The van der Waals surface area contributed by atoms with E-state index >= 15 is 0 Å². The molecule has 0 atom stereocenters. The van der Waals surface area contributed by atoms with Crippen LogP contribution in [-0.4, -0.2) is 37.3 Å². The van der Waals surface area contributed by atoms with Crippen LogP contribution in [-0.2, 0) is 14.8 Å². The minimum atomic E-state index is -3.27. The first-order valence-electron chi connectivity index (χ1n) is 5.74. The summed E-state index contributed by atoms with van der Waals surface area (Å²) in [6.45, 7) is 6.05. The van der Waals surface area contributed by atoms with Gasteiger partial charge in [0.25, 0.3) is 0 Å². The number of hydrogen-bond acceptors (Lipinski definition) is 3. The summed E-state index contributed by atoms with van der Waals surface area (Å²) in [5, 5.41) is 0. The van der Waals surface area contributed by atoms with E-state index in [0.29, 0.717) is 13.1 Å². The van der Waals surface area contributed by atoms with Crippen LogP contribution in [0.25, 0.3) is 0 Å². The van der Waals surface area contributed by atoms with Gasteiger partial charge in [0, 0.05) is 18.5 Å². The van der Waals surface area contributed by atoms with Gasteiger partial charge in [-0.1, -0.05) is 20.3 Å². The minimum absolute atomic E-state index is 0.0741. The molecular formula is C11H21NO3S. The van der Waals surface area contributed by atoms with E-state index in [1.807, 2.05) is 0 Å². The van der Waals surface area contributed by atoms with E-state index in [2.05, 4.69) is 0 Å². The monoisotopic (exact) mass is 247 g/mol. The van der Waals surface area contributed by atoms with Gasteiger partial charge in [-0.3, -0.25) is 4.79 Å². The van der Waals surface area contributed by atoms with Gasteiger partial charge in [-0.05, 0) is 19.8 Å². The van der Waals surface area contributed by atoms with E-state index in [1.54, 1.807) is 13.8 Å². The fourth-order valence-corrected chi connectivity index (χ4v) is 3.90. The lowest BCUT2D eigenvalue weighted by atomic mass is 9.92. The maximum atomic E-state index is 12.1. The van der Waals surface area contributed by atoms with Gasteiger partial charge in [-0.25, -0.2) is 12.7 Å². The molecule has 0 aromatic heterocycles. The molecule has 0 saturated carbocycles. The highest BCUT2D eigenvalue weighted by atomic mass is 32.2. The fourth-order valence-electron chi connectivity index (χ4n) is 1.79. The van der Waals surface area contributed by atoms with Gasteiger partial charge in [0.1, 0.15) is 5.78 Å². The second-order valence-corrected chi connectivity index (χ2v) is 7.12.